The second-order valence-corrected chi connectivity index (χ2v) is 6.58. The van der Waals surface area contributed by atoms with Gasteiger partial charge in [-0.25, -0.2) is 4.39 Å². The summed E-state index contributed by atoms with van der Waals surface area (Å²) in [7, 11) is 3.72. The van der Waals surface area contributed by atoms with Gasteiger partial charge in [-0.05, 0) is 32.3 Å². The van der Waals surface area contributed by atoms with E-state index in [1.807, 2.05) is 19.0 Å². The lowest BCUT2D eigenvalue weighted by Gasteiger charge is -2.19. The molecule has 25 heavy (non-hydrogen) atoms. The van der Waals surface area contributed by atoms with Gasteiger partial charge in [-0.3, -0.25) is 4.79 Å². The van der Waals surface area contributed by atoms with Crippen LogP contribution in [0.25, 0.3) is 11.4 Å². The van der Waals surface area contributed by atoms with Gasteiger partial charge >= 0.3 is 0 Å². The lowest BCUT2D eigenvalue weighted by molar-refractivity contribution is -0.130. The second-order valence-electron chi connectivity index (χ2n) is 6.58. The summed E-state index contributed by atoms with van der Waals surface area (Å²) in [6.07, 6.45) is -0.252. The van der Waals surface area contributed by atoms with E-state index in [4.69, 9.17) is 4.52 Å². The van der Waals surface area contributed by atoms with Crippen LogP contribution in [0.3, 0.4) is 0 Å². The van der Waals surface area contributed by atoms with Crippen molar-refractivity contribution in [2.45, 2.75) is 32.0 Å². The molecule has 2 aromatic rings. The Kier molecular flexibility index (Phi) is 4.82. The fourth-order valence-corrected chi connectivity index (χ4v) is 3.06. The molecule has 0 spiro atoms. The molecule has 1 aromatic heterocycles. The van der Waals surface area contributed by atoms with Crippen LogP contribution in [0.5, 0.6) is 0 Å². The molecule has 134 valence electrons. The molecule has 0 aliphatic carbocycles. The largest absolute Gasteiger partial charge is 0.391 e. The number of carbonyl (C=O) groups is 1. The molecule has 1 saturated heterocycles. The lowest BCUT2D eigenvalue weighted by Crippen LogP contribution is -2.29. The Labute approximate surface area is 145 Å². The highest BCUT2D eigenvalue weighted by atomic mass is 19.1. The van der Waals surface area contributed by atoms with Crippen LogP contribution in [-0.4, -0.2) is 57.7 Å². The van der Waals surface area contributed by atoms with Crippen molar-refractivity contribution < 1.29 is 18.8 Å². The standard InChI is InChI=1S/C17H21FN4O3/c1-10(23)22-9-13(24)7-15(22)17-19-16(20-25-17)11-4-5-14(18)12(6-11)8-21(2)3/h4-6,13,15,24H,7-9H2,1-3H3/t13-,15+/m0/s1. The first-order chi connectivity index (χ1) is 11.8. The van der Waals surface area contributed by atoms with Crippen molar-refractivity contribution in [2.24, 2.45) is 0 Å². The topological polar surface area (TPSA) is 82.7 Å². The summed E-state index contributed by atoms with van der Waals surface area (Å²) in [6, 6.07) is 4.23. The van der Waals surface area contributed by atoms with Crippen LogP contribution in [0.4, 0.5) is 4.39 Å². The first-order valence-corrected chi connectivity index (χ1v) is 8.07. The zero-order valence-corrected chi connectivity index (χ0v) is 14.4. The molecule has 1 N–H and O–H groups in total. The molecule has 0 saturated carbocycles. The Morgan fingerprint density at radius 3 is 2.92 bits per heavy atom. The number of likely N-dealkylation sites (tertiary alicyclic amines) is 1. The van der Waals surface area contributed by atoms with Crippen molar-refractivity contribution in [1.82, 2.24) is 19.9 Å². The van der Waals surface area contributed by atoms with Gasteiger partial charge in [0.15, 0.2) is 0 Å². The Hall–Kier alpha value is -2.32. The van der Waals surface area contributed by atoms with Crippen LogP contribution < -0.4 is 0 Å². The van der Waals surface area contributed by atoms with Crippen LogP contribution in [0.1, 0.15) is 30.8 Å². The third-order valence-electron chi connectivity index (χ3n) is 4.20. The second kappa shape index (κ2) is 6.89. The van der Waals surface area contributed by atoms with E-state index in [1.54, 1.807) is 12.1 Å². The molecular weight excluding hydrogens is 327 g/mol. The van der Waals surface area contributed by atoms with Crippen LogP contribution in [-0.2, 0) is 11.3 Å². The molecule has 1 aliphatic heterocycles. The molecule has 0 radical (unpaired) electrons. The number of nitrogens with zero attached hydrogens (tertiary/aromatic N) is 4. The van der Waals surface area contributed by atoms with Crippen molar-refractivity contribution in [3.8, 4) is 11.4 Å². The van der Waals surface area contributed by atoms with Gasteiger partial charge in [-0.1, -0.05) is 5.16 Å². The molecule has 8 heteroatoms. The number of carbonyl (C=O) groups excluding carboxylic acids is 1. The fraction of sp³-hybridized carbons (Fsp3) is 0.471. The molecule has 0 unspecified atom stereocenters. The number of β-amino-alcohol motifs (C(OH)–C–C–N with tert-alkyl or cyclic N) is 1. The lowest BCUT2D eigenvalue weighted by atomic mass is 10.1. The number of rotatable bonds is 4. The van der Waals surface area contributed by atoms with E-state index in [1.165, 1.54) is 17.9 Å². The van der Waals surface area contributed by atoms with Crippen molar-refractivity contribution in [1.29, 1.82) is 0 Å². The molecule has 2 atom stereocenters. The van der Waals surface area contributed by atoms with Gasteiger partial charge in [-0.15, -0.1) is 0 Å². The zero-order valence-electron chi connectivity index (χ0n) is 14.4. The van der Waals surface area contributed by atoms with E-state index in [0.717, 1.165) is 0 Å². The number of halogens is 1. The Morgan fingerprint density at radius 2 is 2.24 bits per heavy atom. The molecule has 0 bridgehead atoms. The summed E-state index contributed by atoms with van der Waals surface area (Å²) in [5.41, 5.74) is 1.18. The average molecular weight is 348 g/mol. The molecule has 7 nitrogen and oxygen atoms in total. The molecular formula is C17H21FN4O3. The van der Waals surface area contributed by atoms with E-state index in [-0.39, 0.29) is 24.2 Å². The van der Waals surface area contributed by atoms with E-state index >= 15 is 0 Å². The van der Waals surface area contributed by atoms with Gasteiger partial charge in [0.1, 0.15) is 11.9 Å². The number of hydrogen-bond acceptors (Lipinski definition) is 6. The number of hydrogen-bond donors (Lipinski definition) is 1. The maximum absolute atomic E-state index is 13.9. The van der Waals surface area contributed by atoms with Gasteiger partial charge in [-0.2, -0.15) is 4.98 Å². The molecule has 1 amide bonds. The van der Waals surface area contributed by atoms with Gasteiger partial charge < -0.3 is 19.4 Å². The summed E-state index contributed by atoms with van der Waals surface area (Å²) in [4.78, 5) is 19.5. The summed E-state index contributed by atoms with van der Waals surface area (Å²) in [5, 5.41) is 13.8. The summed E-state index contributed by atoms with van der Waals surface area (Å²) in [6.45, 7) is 2.15. The first kappa shape index (κ1) is 17.5. The maximum Gasteiger partial charge on any atom is 0.249 e. The average Bonchev–Trinajstić information content (AvgIpc) is 3.15. The number of benzene rings is 1. The van der Waals surface area contributed by atoms with Crippen molar-refractivity contribution >= 4 is 5.91 Å². The van der Waals surface area contributed by atoms with Crippen LogP contribution >= 0.6 is 0 Å². The van der Waals surface area contributed by atoms with E-state index < -0.39 is 12.1 Å². The highest BCUT2D eigenvalue weighted by molar-refractivity contribution is 5.74. The molecule has 3 rings (SSSR count). The van der Waals surface area contributed by atoms with Crippen molar-refractivity contribution in [2.75, 3.05) is 20.6 Å². The molecule has 2 heterocycles. The van der Waals surface area contributed by atoms with Crippen LogP contribution in [0.15, 0.2) is 22.7 Å². The third-order valence-corrected chi connectivity index (χ3v) is 4.20. The number of aliphatic hydroxyl groups excluding tert-OH is 1. The van der Waals surface area contributed by atoms with Crippen LogP contribution in [0, 0.1) is 5.82 Å². The van der Waals surface area contributed by atoms with E-state index in [0.29, 0.717) is 29.9 Å². The quantitative estimate of drug-likeness (QED) is 0.904. The molecule has 1 aromatic carbocycles. The summed E-state index contributed by atoms with van der Waals surface area (Å²) in [5.74, 6) is 0.166. The minimum atomic E-state index is -0.609. The normalized spacial score (nSPS) is 20.5. The predicted octanol–water partition coefficient (Wildman–Crippen LogP) is 1.59. The minimum absolute atomic E-state index is 0.156. The fourth-order valence-electron chi connectivity index (χ4n) is 3.06. The monoisotopic (exact) mass is 348 g/mol. The van der Waals surface area contributed by atoms with Crippen molar-refractivity contribution in [3.63, 3.8) is 0 Å². The third kappa shape index (κ3) is 3.69. The smallest absolute Gasteiger partial charge is 0.249 e. The molecule has 1 fully saturated rings. The minimum Gasteiger partial charge on any atom is -0.391 e. The highest BCUT2D eigenvalue weighted by Gasteiger charge is 2.37. The number of amides is 1. The Bertz CT molecular complexity index is 777. The summed E-state index contributed by atoms with van der Waals surface area (Å²) >= 11 is 0. The zero-order chi connectivity index (χ0) is 18.1. The van der Waals surface area contributed by atoms with Crippen molar-refractivity contribution in [3.05, 3.63) is 35.5 Å². The van der Waals surface area contributed by atoms with Gasteiger partial charge in [0.25, 0.3) is 0 Å². The van der Waals surface area contributed by atoms with E-state index in [9.17, 15) is 14.3 Å². The summed E-state index contributed by atoms with van der Waals surface area (Å²) < 4.78 is 19.2. The highest BCUT2D eigenvalue weighted by Crippen LogP contribution is 2.32. The van der Waals surface area contributed by atoms with Gasteiger partial charge in [0, 0.05) is 37.6 Å². The van der Waals surface area contributed by atoms with E-state index in [2.05, 4.69) is 10.1 Å². The number of aromatic nitrogens is 2. The molecule has 1 aliphatic rings. The Morgan fingerprint density at radius 1 is 1.48 bits per heavy atom. The number of aliphatic hydroxyl groups is 1. The first-order valence-electron chi connectivity index (χ1n) is 8.07. The SMILES string of the molecule is CC(=O)N1C[C@@H](O)C[C@@H]1c1nc(-c2ccc(F)c(CN(C)C)c2)no1. The predicted molar refractivity (Wildman–Crippen MR) is 87.8 cm³/mol. The van der Waals surface area contributed by atoms with Gasteiger partial charge in [0.2, 0.25) is 17.6 Å². The Balaban J connectivity index is 1.88. The van der Waals surface area contributed by atoms with Gasteiger partial charge in [0.05, 0.1) is 6.10 Å². The van der Waals surface area contributed by atoms with Crippen LogP contribution in [0.2, 0.25) is 0 Å². The maximum atomic E-state index is 13.9.